The SMILES string of the molecule is CCOC(=O)c1nc2cc(-c3ccc(C)c(C)c3)nc(SC)n2c1C. The van der Waals surface area contributed by atoms with Crippen LogP contribution < -0.4 is 0 Å². The van der Waals surface area contributed by atoms with Crippen LogP contribution in [0.2, 0.25) is 0 Å². The molecule has 130 valence electrons. The van der Waals surface area contributed by atoms with Crippen LogP contribution in [0.5, 0.6) is 0 Å². The van der Waals surface area contributed by atoms with Crippen LogP contribution >= 0.6 is 11.8 Å². The number of rotatable bonds is 4. The Morgan fingerprint density at radius 3 is 2.56 bits per heavy atom. The lowest BCUT2D eigenvalue weighted by Crippen LogP contribution is -2.07. The van der Waals surface area contributed by atoms with Crippen LogP contribution in [0.15, 0.2) is 29.4 Å². The van der Waals surface area contributed by atoms with Gasteiger partial charge in [0.1, 0.15) is 5.65 Å². The number of thioether (sulfide) groups is 1. The van der Waals surface area contributed by atoms with E-state index in [1.54, 1.807) is 6.92 Å². The molecule has 3 aromatic rings. The molecule has 0 N–H and O–H groups in total. The summed E-state index contributed by atoms with van der Waals surface area (Å²) in [4.78, 5) is 21.4. The predicted octanol–water partition coefficient (Wildman–Crippen LogP) is 4.22. The van der Waals surface area contributed by atoms with Crippen LogP contribution in [0.4, 0.5) is 0 Å². The number of benzene rings is 1. The topological polar surface area (TPSA) is 56.5 Å². The fourth-order valence-corrected chi connectivity index (χ4v) is 3.35. The van der Waals surface area contributed by atoms with E-state index in [0.717, 1.165) is 22.1 Å². The highest BCUT2D eigenvalue weighted by Gasteiger charge is 2.20. The van der Waals surface area contributed by atoms with Gasteiger partial charge in [-0.05, 0) is 51.1 Å². The fourth-order valence-electron chi connectivity index (χ4n) is 2.75. The largest absolute Gasteiger partial charge is 0.461 e. The number of nitrogens with zero attached hydrogens (tertiary/aromatic N) is 3. The van der Waals surface area contributed by atoms with E-state index in [1.807, 2.05) is 23.6 Å². The molecule has 25 heavy (non-hydrogen) atoms. The van der Waals surface area contributed by atoms with Gasteiger partial charge in [0.05, 0.1) is 18.0 Å². The van der Waals surface area contributed by atoms with E-state index in [4.69, 9.17) is 9.72 Å². The van der Waals surface area contributed by atoms with Gasteiger partial charge in [-0.2, -0.15) is 0 Å². The Kier molecular flexibility index (Phi) is 4.81. The number of hydrogen-bond donors (Lipinski definition) is 0. The first-order valence-corrected chi connectivity index (χ1v) is 9.37. The van der Waals surface area contributed by atoms with E-state index < -0.39 is 5.97 Å². The maximum Gasteiger partial charge on any atom is 0.358 e. The molecule has 0 bridgehead atoms. The Bertz CT molecular complexity index is 963. The van der Waals surface area contributed by atoms with Crippen molar-refractivity contribution in [1.82, 2.24) is 14.4 Å². The van der Waals surface area contributed by atoms with Crippen LogP contribution in [0, 0.1) is 20.8 Å². The third-order valence-corrected chi connectivity index (χ3v) is 4.90. The minimum Gasteiger partial charge on any atom is -0.461 e. The summed E-state index contributed by atoms with van der Waals surface area (Å²) >= 11 is 1.53. The van der Waals surface area contributed by atoms with Crippen LogP contribution in [0.25, 0.3) is 16.9 Å². The third kappa shape index (κ3) is 3.14. The average Bonchev–Trinajstić information content (AvgIpc) is 2.94. The van der Waals surface area contributed by atoms with Crippen molar-refractivity contribution in [2.75, 3.05) is 12.9 Å². The van der Waals surface area contributed by atoms with Gasteiger partial charge in [0.25, 0.3) is 0 Å². The number of fused-ring (bicyclic) bond motifs is 1. The molecule has 0 spiro atoms. The van der Waals surface area contributed by atoms with Gasteiger partial charge >= 0.3 is 5.97 Å². The third-order valence-electron chi connectivity index (χ3n) is 4.26. The molecule has 5 nitrogen and oxygen atoms in total. The van der Waals surface area contributed by atoms with E-state index in [1.165, 1.54) is 22.9 Å². The summed E-state index contributed by atoms with van der Waals surface area (Å²) in [6.07, 6.45) is 1.97. The molecule has 0 amide bonds. The monoisotopic (exact) mass is 355 g/mol. The normalized spacial score (nSPS) is 11.1. The van der Waals surface area contributed by atoms with Crippen molar-refractivity contribution in [3.05, 3.63) is 46.8 Å². The molecular weight excluding hydrogens is 334 g/mol. The van der Waals surface area contributed by atoms with Gasteiger partial charge in [0.15, 0.2) is 10.9 Å². The maximum atomic E-state index is 12.1. The molecule has 0 radical (unpaired) electrons. The average molecular weight is 355 g/mol. The molecule has 0 aliphatic rings. The highest BCUT2D eigenvalue weighted by Crippen LogP contribution is 2.27. The number of carbonyl (C=O) groups is 1. The van der Waals surface area contributed by atoms with Crippen LogP contribution in [-0.2, 0) is 4.74 Å². The summed E-state index contributed by atoms with van der Waals surface area (Å²) in [5.74, 6) is -0.400. The van der Waals surface area contributed by atoms with Crippen molar-refractivity contribution in [3.63, 3.8) is 0 Å². The van der Waals surface area contributed by atoms with Crippen LogP contribution in [0.3, 0.4) is 0 Å². The highest BCUT2D eigenvalue weighted by atomic mass is 32.2. The first-order chi connectivity index (χ1) is 12.0. The lowest BCUT2D eigenvalue weighted by Gasteiger charge is -2.09. The lowest BCUT2D eigenvalue weighted by molar-refractivity contribution is 0.0519. The molecule has 0 saturated heterocycles. The second-order valence-electron chi connectivity index (χ2n) is 5.89. The summed E-state index contributed by atoms with van der Waals surface area (Å²) in [6, 6.07) is 8.20. The van der Waals surface area contributed by atoms with Gasteiger partial charge in [-0.15, -0.1) is 0 Å². The smallest absolute Gasteiger partial charge is 0.358 e. The zero-order valence-electron chi connectivity index (χ0n) is 15.1. The molecule has 0 atom stereocenters. The number of hydrogen-bond acceptors (Lipinski definition) is 5. The van der Waals surface area contributed by atoms with Crippen molar-refractivity contribution in [3.8, 4) is 11.3 Å². The van der Waals surface area contributed by atoms with Crippen molar-refractivity contribution in [1.29, 1.82) is 0 Å². The van der Waals surface area contributed by atoms with Crippen LogP contribution in [-0.4, -0.2) is 33.2 Å². The van der Waals surface area contributed by atoms with Crippen molar-refractivity contribution in [2.45, 2.75) is 32.9 Å². The molecule has 0 aliphatic carbocycles. The number of carbonyl (C=O) groups excluding carboxylic acids is 1. The van der Waals surface area contributed by atoms with Crippen molar-refractivity contribution < 1.29 is 9.53 Å². The second-order valence-corrected chi connectivity index (χ2v) is 6.66. The molecule has 6 heteroatoms. The summed E-state index contributed by atoms with van der Waals surface area (Å²) in [5, 5.41) is 0.797. The first-order valence-electron chi connectivity index (χ1n) is 8.15. The van der Waals surface area contributed by atoms with E-state index in [9.17, 15) is 4.79 Å². The minimum absolute atomic E-state index is 0.327. The quantitative estimate of drug-likeness (QED) is 0.398. The standard InChI is InChI=1S/C19H21N3O2S/c1-6-24-18(23)17-13(4)22-16(21-17)10-15(20-19(22)25-5)14-8-7-11(2)12(3)9-14/h7-10H,6H2,1-5H3. The van der Waals surface area contributed by atoms with Crippen molar-refractivity contribution in [2.24, 2.45) is 0 Å². The molecule has 2 aromatic heterocycles. The Morgan fingerprint density at radius 1 is 1.16 bits per heavy atom. The molecule has 0 saturated carbocycles. The predicted molar refractivity (Wildman–Crippen MR) is 100 cm³/mol. The van der Waals surface area contributed by atoms with Gasteiger partial charge < -0.3 is 4.74 Å². The van der Waals surface area contributed by atoms with Gasteiger partial charge in [-0.3, -0.25) is 4.40 Å². The Hall–Kier alpha value is -2.34. The Balaban J connectivity index is 2.20. The van der Waals surface area contributed by atoms with Crippen molar-refractivity contribution >= 4 is 23.4 Å². The van der Waals surface area contributed by atoms with Gasteiger partial charge in [-0.1, -0.05) is 23.9 Å². The lowest BCUT2D eigenvalue weighted by atomic mass is 10.0. The highest BCUT2D eigenvalue weighted by molar-refractivity contribution is 7.98. The summed E-state index contributed by atoms with van der Waals surface area (Å²) in [5.41, 5.74) is 6.15. The summed E-state index contributed by atoms with van der Waals surface area (Å²) in [6.45, 7) is 8.16. The van der Waals surface area contributed by atoms with Gasteiger partial charge in [0.2, 0.25) is 0 Å². The van der Waals surface area contributed by atoms with E-state index in [0.29, 0.717) is 17.9 Å². The number of ether oxygens (including phenoxy) is 1. The maximum absolute atomic E-state index is 12.1. The minimum atomic E-state index is -0.400. The summed E-state index contributed by atoms with van der Waals surface area (Å²) < 4.78 is 7.02. The molecule has 0 unspecified atom stereocenters. The van der Waals surface area contributed by atoms with E-state index in [2.05, 4.69) is 37.0 Å². The molecule has 2 heterocycles. The van der Waals surface area contributed by atoms with Crippen LogP contribution in [0.1, 0.15) is 34.2 Å². The molecule has 3 rings (SSSR count). The van der Waals surface area contributed by atoms with E-state index in [-0.39, 0.29) is 0 Å². The molecular formula is C19H21N3O2S. The summed E-state index contributed by atoms with van der Waals surface area (Å²) in [7, 11) is 0. The zero-order valence-corrected chi connectivity index (χ0v) is 15.9. The zero-order chi connectivity index (χ0) is 18.1. The number of imidazole rings is 1. The number of aromatic nitrogens is 3. The number of esters is 1. The number of aryl methyl sites for hydroxylation is 3. The Labute approximate surface area is 151 Å². The first kappa shape index (κ1) is 17.5. The molecule has 0 fully saturated rings. The molecule has 0 aliphatic heterocycles. The van der Waals surface area contributed by atoms with E-state index >= 15 is 0 Å². The fraction of sp³-hybridized carbons (Fsp3) is 0.316. The second kappa shape index (κ2) is 6.88. The Morgan fingerprint density at radius 2 is 1.92 bits per heavy atom. The van der Waals surface area contributed by atoms with Gasteiger partial charge in [-0.25, -0.2) is 14.8 Å². The molecule has 1 aromatic carbocycles. The van der Waals surface area contributed by atoms with Gasteiger partial charge in [0, 0.05) is 11.6 Å².